The lowest BCUT2D eigenvalue weighted by Crippen LogP contribution is -2.49. The van der Waals surface area contributed by atoms with Gasteiger partial charge in [0.25, 0.3) is 0 Å². The normalized spacial score (nSPS) is 32.8. The molecule has 1 saturated carbocycles. The van der Waals surface area contributed by atoms with Gasteiger partial charge in [-0.25, -0.2) is 0 Å². The van der Waals surface area contributed by atoms with E-state index in [4.69, 9.17) is 0 Å². The molecule has 1 saturated heterocycles. The molecule has 0 amide bonds. The van der Waals surface area contributed by atoms with E-state index in [1.165, 1.54) is 58.2 Å². The molecule has 4 unspecified atom stereocenters. The van der Waals surface area contributed by atoms with Crippen molar-refractivity contribution in [1.82, 2.24) is 10.2 Å². The van der Waals surface area contributed by atoms with Crippen LogP contribution >= 0.6 is 0 Å². The average molecular weight is 252 g/mol. The Morgan fingerprint density at radius 2 is 1.89 bits per heavy atom. The number of rotatable bonds is 5. The topological polar surface area (TPSA) is 15.3 Å². The highest BCUT2D eigenvalue weighted by Crippen LogP contribution is 2.36. The van der Waals surface area contributed by atoms with Crippen LogP contribution in [-0.2, 0) is 0 Å². The number of hydrogen-bond donors (Lipinski definition) is 1. The van der Waals surface area contributed by atoms with Gasteiger partial charge in [-0.05, 0) is 44.2 Å². The third kappa shape index (κ3) is 3.48. The lowest BCUT2D eigenvalue weighted by Gasteiger charge is -2.43. The molecule has 106 valence electrons. The molecule has 0 radical (unpaired) electrons. The van der Waals surface area contributed by atoms with Gasteiger partial charge in [0.05, 0.1) is 0 Å². The van der Waals surface area contributed by atoms with Crippen LogP contribution in [0.3, 0.4) is 0 Å². The molecule has 4 atom stereocenters. The molecule has 1 N–H and O–H groups in total. The summed E-state index contributed by atoms with van der Waals surface area (Å²) in [5, 5.41) is 3.53. The summed E-state index contributed by atoms with van der Waals surface area (Å²) in [6.45, 7) is 8.67. The molecule has 0 aromatic carbocycles. The first-order chi connectivity index (χ1) is 8.74. The molecular formula is C16H32N2. The molecule has 1 aliphatic heterocycles. The van der Waals surface area contributed by atoms with Crippen LogP contribution in [0.15, 0.2) is 0 Å². The minimum atomic E-state index is 0.676. The quantitative estimate of drug-likeness (QED) is 0.809. The van der Waals surface area contributed by atoms with Gasteiger partial charge in [0.15, 0.2) is 0 Å². The lowest BCUT2D eigenvalue weighted by atomic mass is 9.75. The second-order valence-electron chi connectivity index (χ2n) is 6.63. The molecule has 2 rings (SSSR count). The minimum Gasteiger partial charge on any atom is -0.315 e. The summed E-state index contributed by atoms with van der Waals surface area (Å²) in [4.78, 5) is 2.74. The van der Waals surface area contributed by atoms with E-state index in [-0.39, 0.29) is 0 Å². The van der Waals surface area contributed by atoms with Crippen molar-refractivity contribution >= 4 is 0 Å². The zero-order valence-corrected chi connectivity index (χ0v) is 12.6. The van der Waals surface area contributed by atoms with Gasteiger partial charge in [0, 0.05) is 19.1 Å². The van der Waals surface area contributed by atoms with Gasteiger partial charge in [-0.2, -0.15) is 0 Å². The fraction of sp³-hybridized carbons (Fsp3) is 1.00. The van der Waals surface area contributed by atoms with Gasteiger partial charge < -0.3 is 10.2 Å². The van der Waals surface area contributed by atoms with E-state index in [2.05, 4.69) is 31.1 Å². The molecule has 0 aromatic heterocycles. The monoisotopic (exact) mass is 252 g/mol. The predicted molar refractivity (Wildman–Crippen MR) is 78.8 cm³/mol. The Kier molecular flexibility index (Phi) is 5.50. The van der Waals surface area contributed by atoms with Crippen LogP contribution in [0.2, 0.25) is 0 Å². The van der Waals surface area contributed by atoms with Crippen molar-refractivity contribution < 1.29 is 0 Å². The maximum absolute atomic E-state index is 3.53. The third-order valence-electron chi connectivity index (χ3n) is 5.53. The lowest BCUT2D eigenvalue weighted by molar-refractivity contribution is 0.0752. The van der Waals surface area contributed by atoms with Crippen molar-refractivity contribution in [3.05, 3.63) is 0 Å². The summed E-state index contributed by atoms with van der Waals surface area (Å²) in [5.74, 6) is 2.87. The zero-order chi connectivity index (χ0) is 13.0. The molecule has 0 bridgehead atoms. The fourth-order valence-electron chi connectivity index (χ4n) is 3.96. The number of piperidine rings is 1. The molecule has 2 fully saturated rings. The van der Waals surface area contributed by atoms with Crippen molar-refractivity contribution in [2.24, 2.45) is 17.8 Å². The Bertz CT molecular complexity index is 241. The second kappa shape index (κ2) is 6.91. The van der Waals surface area contributed by atoms with Gasteiger partial charge in [-0.15, -0.1) is 0 Å². The number of likely N-dealkylation sites (N-methyl/N-ethyl adjacent to an activating group) is 1. The van der Waals surface area contributed by atoms with E-state index in [0.717, 1.165) is 17.8 Å². The van der Waals surface area contributed by atoms with Crippen molar-refractivity contribution in [1.29, 1.82) is 0 Å². The Labute approximate surface area is 114 Å². The van der Waals surface area contributed by atoms with Crippen molar-refractivity contribution in [2.75, 3.05) is 26.7 Å². The van der Waals surface area contributed by atoms with Gasteiger partial charge >= 0.3 is 0 Å². The number of nitrogens with one attached hydrogen (secondary N) is 1. The van der Waals surface area contributed by atoms with Gasteiger partial charge in [0.2, 0.25) is 0 Å². The Morgan fingerprint density at radius 1 is 1.17 bits per heavy atom. The summed E-state index contributed by atoms with van der Waals surface area (Å²) in [6.07, 6.45) is 8.73. The Balaban J connectivity index is 1.83. The highest BCUT2D eigenvalue weighted by molar-refractivity contribution is 4.86. The summed E-state index contributed by atoms with van der Waals surface area (Å²) in [5.41, 5.74) is 0. The molecule has 2 aliphatic rings. The van der Waals surface area contributed by atoms with Gasteiger partial charge in [0.1, 0.15) is 0 Å². The number of likely N-dealkylation sites (tertiary alicyclic amines) is 1. The number of fused-ring (bicyclic) bond motifs is 1. The van der Waals surface area contributed by atoms with Crippen LogP contribution < -0.4 is 5.32 Å². The summed E-state index contributed by atoms with van der Waals surface area (Å²) < 4.78 is 0. The summed E-state index contributed by atoms with van der Waals surface area (Å²) in [7, 11) is 2.13. The van der Waals surface area contributed by atoms with Crippen LogP contribution in [0.5, 0.6) is 0 Å². The molecule has 0 aromatic rings. The van der Waals surface area contributed by atoms with Crippen molar-refractivity contribution in [3.8, 4) is 0 Å². The number of hydrogen-bond acceptors (Lipinski definition) is 2. The van der Waals surface area contributed by atoms with E-state index in [1.54, 1.807) is 0 Å². The third-order valence-corrected chi connectivity index (χ3v) is 5.53. The molecule has 1 aliphatic carbocycles. The molecule has 0 spiro atoms. The zero-order valence-electron chi connectivity index (χ0n) is 12.6. The molecule has 1 heterocycles. The van der Waals surface area contributed by atoms with Crippen molar-refractivity contribution in [2.45, 2.75) is 58.4 Å². The standard InChI is InChI=1S/C16H32N2/c1-4-13(2)16(17-3)12-18-10-9-14-7-5-6-8-15(14)11-18/h13-17H,4-12H2,1-3H3. The average Bonchev–Trinajstić information content (AvgIpc) is 2.43. The smallest absolute Gasteiger partial charge is 0.0217 e. The van der Waals surface area contributed by atoms with E-state index >= 15 is 0 Å². The van der Waals surface area contributed by atoms with E-state index in [0.29, 0.717) is 6.04 Å². The Hall–Kier alpha value is -0.0800. The van der Waals surface area contributed by atoms with E-state index in [9.17, 15) is 0 Å². The maximum Gasteiger partial charge on any atom is 0.0217 e. The van der Waals surface area contributed by atoms with Gasteiger partial charge in [-0.3, -0.25) is 0 Å². The van der Waals surface area contributed by atoms with Crippen LogP contribution in [-0.4, -0.2) is 37.6 Å². The maximum atomic E-state index is 3.53. The highest BCUT2D eigenvalue weighted by Gasteiger charge is 2.32. The second-order valence-corrected chi connectivity index (χ2v) is 6.63. The minimum absolute atomic E-state index is 0.676. The molecule has 18 heavy (non-hydrogen) atoms. The fourth-order valence-corrected chi connectivity index (χ4v) is 3.96. The van der Waals surface area contributed by atoms with Gasteiger partial charge in [-0.1, -0.05) is 39.5 Å². The van der Waals surface area contributed by atoms with E-state index < -0.39 is 0 Å². The molecule has 2 heteroatoms. The first-order valence-electron chi connectivity index (χ1n) is 8.14. The highest BCUT2D eigenvalue weighted by atomic mass is 15.2. The number of nitrogens with zero attached hydrogens (tertiary/aromatic N) is 1. The van der Waals surface area contributed by atoms with Crippen molar-refractivity contribution in [3.63, 3.8) is 0 Å². The van der Waals surface area contributed by atoms with E-state index in [1.807, 2.05) is 0 Å². The SMILES string of the molecule is CCC(C)C(CN1CCC2CCCCC2C1)NC. The molecule has 2 nitrogen and oxygen atoms in total. The van der Waals surface area contributed by atoms with Crippen LogP contribution in [0.4, 0.5) is 0 Å². The molecular weight excluding hydrogens is 220 g/mol. The van der Waals surface area contributed by atoms with Crippen LogP contribution in [0.1, 0.15) is 52.4 Å². The largest absolute Gasteiger partial charge is 0.315 e. The Morgan fingerprint density at radius 3 is 2.56 bits per heavy atom. The van der Waals surface area contributed by atoms with Crippen LogP contribution in [0, 0.1) is 17.8 Å². The predicted octanol–water partition coefficient (Wildman–Crippen LogP) is 3.13. The summed E-state index contributed by atoms with van der Waals surface area (Å²) in [6, 6.07) is 0.676. The first-order valence-corrected chi connectivity index (χ1v) is 8.14. The first kappa shape index (κ1) is 14.3. The summed E-state index contributed by atoms with van der Waals surface area (Å²) >= 11 is 0. The van der Waals surface area contributed by atoms with Crippen LogP contribution in [0.25, 0.3) is 0 Å².